The number of halogens is 1. The van der Waals surface area contributed by atoms with Crippen LogP contribution in [0.1, 0.15) is 32.1 Å². The Kier molecular flexibility index (Phi) is 7.54. The molecule has 22 heavy (non-hydrogen) atoms. The van der Waals surface area contributed by atoms with Crippen LogP contribution in [0.3, 0.4) is 0 Å². The second-order valence-corrected chi connectivity index (χ2v) is 6.14. The molecule has 1 aliphatic heterocycles. The van der Waals surface area contributed by atoms with E-state index in [9.17, 15) is 4.79 Å². The molecule has 122 valence electrons. The molecule has 0 spiro atoms. The van der Waals surface area contributed by atoms with Crippen molar-refractivity contribution >= 4 is 17.5 Å². The molecule has 1 fully saturated rings. The van der Waals surface area contributed by atoms with E-state index in [0.717, 1.165) is 13.0 Å². The van der Waals surface area contributed by atoms with Crippen LogP contribution in [0.5, 0.6) is 5.75 Å². The lowest BCUT2D eigenvalue weighted by Gasteiger charge is -2.19. The van der Waals surface area contributed by atoms with E-state index >= 15 is 0 Å². The topological polar surface area (TPSA) is 41.6 Å². The fourth-order valence-electron chi connectivity index (χ4n) is 2.62. The fourth-order valence-corrected chi connectivity index (χ4v) is 2.75. The van der Waals surface area contributed by atoms with Gasteiger partial charge in [-0.05, 0) is 63.2 Å². The second kappa shape index (κ2) is 9.70. The molecule has 1 aromatic rings. The molecular weight excluding hydrogens is 300 g/mol. The average molecular weight is 325 g/mol. The number of rotatable bonds is 7. The van der Waals surface area contributed by atoms with Crippen molar-refractivity contribution in [3.63, 3.8) is 0 Å². The van der Waals surface area contributed by atoms with Crippen LogP contribution in [0.15, 0.2) is 24.3 Å². The van der Waals surface area contributed by atoms with Crippen LogP contribution in [-0.2, 0) is 4.79 Å². The zero-order valence-corrected chi connectivity index (χ0v) is 13.8. The van der Waals surface area contributed by atoms with Crippen molar-refractivity contribution in [2.45, 2.75) is 32.1 Å². The summed E-state index contributed by atoms with van der Waals surface area (Å²) in [7, 11) is 0. The first-order chi connectivity index (χ1) is 10.7. The third-order valence-corrected chi connectivity index (χ3v) is 4.11. The molecule has 0 saturated carbocycles. The van der Waals surface area contributed by atoms with Gasteiger partial charge in [0.1, 0.15) is 5.75 Å². The predicted octanol–water partition coefficient (Wildman–Crippen LogP) is 3.10. The van der Waals surface area contributed by atoms with Crippen LogP contribution in [0, 0.1) is 0 Å². The zero-order chi connectivity index (χ0) is 15.6. The monoisotopic (exact) mass is 324 g/mol. The van der Waals surface area contributed by atoms with Gasteiger partial charge >= 0.3 is 0 Å². The Morgan fingerprint density at radius 1 is 1.14 bits per heavy atom. The molecule has 0 aromatic heterocycles. The van der Waals surface area contributed by atoms with Gasteiger partial charge in [0.15, 0.2) is 6.61 Å². The van der Waals surface area contributed by atoms with Crippen molar-refractivity contribution in [3.05, 3.63) is 29.3 Å². The number of ether oxygens (including phenoxy) is 1. The molecule has 0 bridgehead atoms. The summed E-state index contributed by atoms with van der Waals surface area (Å²) >= 11 is 5.79. The third-order valence-electron chi connectivity index (χ3n) is 3.86. The molecule has 1 saturated heterocycles. The second-order valence-electron chi connectivity index (χ2n) is 5.70. The quantitative estimate of drug-likeness (QED) is 0.784. The Hall–Kier alpha value is -1.26. The van der Waals surface area contributed by atoms with Gasteiger partial charge in [0.05, 0.1) is 0 Å². The Balaban J connectivity index is 1.54. The largest absolute Gasteiger partial charge is 0.484 e. The van der Waals surface area contributed by atoms with E-state index in [-0.39, 0.29) is 12.5 Å². The summed E-state index contributed by atoms with van der Waals surface area (Å²) < 4.78 is 5.41. The summed E-state index contributed by atoms with van der Waals surface area (Å²) in [5.74, 6) is 0.579. The number of hydrogen-bond donors (Lipinski definition) is 1. The average Bonchev–Trinajstić information content (AvgIpc) is 2.80. The predicted molar refractivity (Wildman–Crippen MR) is 89.5 cm³/mol. The van der Waals surface area contributed by atoms with Gasteiger partial charge in [0, 0.05) is 11.6 Å². The maximum atomic E-state index is 11.7. The maximum Gasteiger partial charge on any atom is 0.257 e. The minimum Gasteiger partial charge on any atom is -0.484 e. The smallest absolute Gasteiger partial charge is 0.257 e. The fraction of sp³-hybridized carbons (Fsp3) is 0.588. The van der Waals surface area contributed by atoms with E-state index in [1.165, 1.54) is 38.8 Å². The molecule has 0 aliphatic carbocycles. The molecule has 0 radical (unpaired) electrons. The number of nitrogens with one attached hydrogen (secondary N) is 1. The number of likely N-dealkylation sites (tertiary alicyclic amines) is 1. The summed E-state index contributed by atoms with van der Waals surface area (Å²) in [6, 6.07) is 7.01. The van der Waals surface area contributed by atoms with Crippen LogP contribution in [0.2, 0.25) is 5.02 Å². The molecule has 5 heteroatoms. The minimum absolute atomic E-state index is 0.0470. The number of amides is 1. The van der Waals surface area contributed by atoms with Crippen molar-refractivity contribution in [1.29, 1.82) is 0 Å². The maximum absolute atomic E-state index is 11.7. The van der Waals surface area contributed by atoms with Gasteiger partial charge in [-0.25, -0.2) is 0 Å². The van der Waals surface area contributed by atoms with E-state index in [2.05, 4.69) is 10.2 Å². The van der Waals surface area contributed by atoms with Gasteiger partial charge in [0.25, 0.3) is 5.91 Å². The first kappa shape index (κ1) is 17.1. The van der Waals surface area contributed by atoms with Crippen molar-refractivity contribution in [2.24, 2.45) is 0 Å². The molecule has 1 heterocycles. The lowest BCUT2D eigenvalue weighted by molar-refractivity contribution is -0.123. The van der Waals surface area contributed by atoms with Crippen molar-refractivity contribution in [2.75, 3.05) is 32.8 Å². The number of hydrogen-bond acceptors (Lipinski definition) is 3. The molecular formula is C17H25ClN2O2. The van der Waals surface area contributed by atoms with Gasteiger partial charge < -0.3 is 15.0 Å². The zero-order valence-electron chi connectivity index (χ0n) is 13.0. The van der Waals surface area contributed by atoms with Crippen molar-refractivity contribution in [1.82, 2.24) is 10.2 Å². The highest BCUT2D eigenvalue weighted by atomic mass is 35.5. The molecule has 4 nitrogen and oxygen atoms in total. The van der Waals surface area contributed by atoms with Gasteiger partial charge in [-0.1, -0.05) is 24.4 Å². The number of benzene rings is 1. The summed E-state index contributed by atoms with van der Waals surface area (Å²) in [5, 5.41) is 3.56. The van der Waals surface area contributed by atoms with Gasteiger partial charge in [-0.3, -0.25) is 4.79 Å². The SMILES string of the molecule is O=C(COc1ccc(Cl)cc1)NCCCN1CCCCCC1. The molecule has 1 N–H and O–H groups in total. The van der Waals surface area contributed by atoms with Crippen LogP contribution in [0.4, 0.5) is 0 Å². The number of carbonyl (C=O) groups excluding carboxylic acids is 1. The van der Waals surface area contributed by atoms with Crippen molar-refractivity contribution in [3.8, 4) is 5.75 Å². The summed E-state index contributed by atoms with van der Waals surface area (Å²) in [4.78, 5) is 14.2. The highest BCUT2D eigenvalue weighted by molar-refractivity contribution is 6.30. The first-order valence-electron chi connectivity index (χ1n) is 8.11. The van der Waals surface area contributed by atoms with Crippen LogP contribution >= 0.6 is 11.6 Å². The first-order valence-corrected chi connectivity index (χ1v) is 8.49. The van der Waals surface area contributed by atoms with Gasteiger partial charge in [-0.15, -0.1) is 0 Å². The summed E-state index contributed by atoms with van der Waals surface area (Å²) in [5.41, 5.74) is 0. The minimum atomic E-state index is -0.0779. The van der Waals surface area contributed by atoms with E-state index in [1.807, 2.05) is 0 Å². The number of nitrogens with zero attached hydrogens (tertiary/aromatic N) is 1. The molecule has 0 atom stereocenters. The highest BCUT2D eigenvalue weighted by Crippen LogP contribution is 2.15. The van der Waals surface area contributed by atoms with E-state index in [4.69, 9.17) is 16.3 Å². The Morgan fingerprint density at radius 3 is 2.50 bits per heavy atom. The molecule has 1 aromatic carbocycles. The van der Waals surface area contributed by atoms with E-state index in [0.29, 0.717) is 17.3 Å². The standard InChI is InChI=1S/C17H25ClN2O2/c18-15-6-8-16(9-7-15)22-14-17(21)19-10-5-13-20-11-3-1-2-4-12-20/h6-9H,1-5,10-14H2,(H,19,21). The summed E-state index contributed by atoms with van der Waals surface area (Å²) in [6.45, 7) is 4.23. The molecule has 0 unspecified atom stereocenters. The summed E-state index contributed by atoms with van der Waals surface area (Å²) in [6.07, 6.45) is 6.32. The molecule has 1 aliphatic rings. The van der Waals surface area contributed by atoms with Crippen LogP contribution in [-0.4, -0.2) is 43.6 Å². The van der Waals surface area contributed by atoms with Crippen molar-refractivity contribution < 1.29 is 9.53 Å². The van der Waals surface area contributed by atoms with E-state index < -0.39 is 0 Å². The normalized spacial score (nSPS) is 16.0. The number of carbonyl (C=O) groups is 1. The lowest BCUT2D eigenvalue weighted by atomic mass is 10.2. The third kappa shape index (κ3) is 6.67. The molecule has 1 amide bonds. The Morgan fingerprint density at radius 2 is 1.82 bits per heavy atom. The Bertz CT molecular complexity index is 442. The highest BCUT2D eigenvalue weighted by Gasteiger charge is 2.08. The van der Waals surface area contributed by atoms with Gasteiger partial charge in [-0.2, -0.15) is 0 Å². The Labute approximate surface area is 137 Å². The van der Waals surface area contributed by atoms with Gasteiger partial charge in [0.2, 0.25) is 0 Å². The molecule has 2 rings (SSSR count). The van der Waals surface area contributed by atoms with E-state index in [1.54, 1.807) is 24.3 Å². The van der Waals surface area contributed by atoms with Crippen LogP contribution < -0.4 is 10.1 Å². The van der Waals surface area contributed by atoms with Crippen LogP contribution in [0.25, 0.3) is 0 Å². The lowest BCUT2D eigenvalue weighted by Crippen LogP contribution is -2.33.